The van der Waals surface area contributed by atoms with Gasteiger partial charge in [0.15, 0.2) is 0 Å². The van der Waals surface area contributed by atoms with Gasteiger partial charge in [-0.3, -0.25) is 0 Å². The normalized spacial score (nSPS) is 20.3. The standard InChI is InChI=1S/C12H18N2O3S/c1-17-12-4-2-3-11(9-12)10-14-7-5-13-6-8-18(14,15)16/h2-4,9,13H,5-8,10H2,1H3. The number of ether oxygens (including phenoxy) is 1. The molecule has 0 aromatic heterocycles. The molecule has 1 saturated heterocycles. The molecule has 0 unspecified atom stereocenters. The quantitative estimate of drug-likeness (QED) is 0.865. The predicted molar refractivity (Wildman–Crippen MR) is 70.1 cm³/mol. The molecule has 0 bridgehead atoms. The molecule has 1 aromatic carbocycles. The van der Waals surface area contributed by atoms with Gasteiger partial charge in [0.2, 0.25) is 10.0 Å². The van der Waals surface area contributed by atoms with E-state index in [-0.39, 0.29) is 5.75 Å². The second-order valence-electron chi connectivity index (χ2n) is 4.25. The van der Waals surface area contributed by atoms with Gasteiger partial charge in [-0.05, 0) is 17.7 Å². The minimum absolute atomic E-state index is 0.164. The van der Waals surface area contributed by atoms with Gasteiger partial charge in [-0.25, -0.2) is 8.42 Å². The summed E-state index contributed by atoms with van der Waals surface area (Å²) in [5, 5.41) is 3.10. The zero-order valence-corrected chi connectivity index (χ0v) is 11.2. The van der Waals surface area contributed by atoms with Crippen LogP contribution in [0.1, 0.15) is 5.56 Å². The Bertz CT molecular complexity index is 502. The molecule has 5 nitrogen and oxygen atoms in total. The summed E-state index contributed by atoms with van der Waals surface area (Å²) in [7, 11) is -1.54. The molecule has 18 heavy (non-hydrogen) atoms. The first-order valence-electron chi connectivity index (χ1n) is 5.93. The van der Waals surface area contributed by atoms with Crippen molar-refractivity contribution in [1.29, 1.82) is 0 Å². The molecule has 1 heterocycles. The van der Waals surface area contributed by atoms with E-state index in [0.717, 1.165) is 11.3 Å². The van der Waals surface area contributed by atoms with Crippen LogP contribution in [0.5, 0.6) is 5.75 Å². The lowest BCUT2D eigenvalue weighted by atomic mass is 10.2. The first-order chi connectivity index (χ1) is 8.62. The monoisotopic (exact) mass is 270 g/mol. The van der Waals surface area contributed by atoms with Crippen LogP contribution in [0.4, 0.5) is 0 Å². The number of hydrogen-bond acceptors (Lipinski definition) is 4. The maximum absolute atomic E-state index is 12.0. The Hall–Kier alpha value is -1.11. The SMILES string of the molecule is COc1cccc(CN2CCNCCS2(=O)=O)c1. The summed E-state index contributed by atoms with van der Waals surface area (Å²) >= 11 is 0. The Kier molecular flexibility index (Phi) is 4.21. The van der Waals surface area contributed by atoms with E-state index >= 15 is 0 Å². The lowest BCUT2D eigenvalue weighted by Crippen LogP contribution is -2.33. The van der Waals surface area contributed by atoms with Crippen LogP contribution < -0.4 is 10.1 Å². The Morgan fingerprint density at radius 2 is 2.22 bits per heavy atom. The third kappa shape index (κ3) is 3.22. The fourth-order valence-corrected chi connectivity index (χ4v) is 3.33. The summed E-state index contributed by atoms with van der Waals surface area (Å²) in [6.07, 6.45) is 0. The number of sulfonamides is 1. The summed E-state index contributed by atoms with van der Waals surface area (Å²) in [5.41, 5.74) is 0.944. The molecule has 1 aliphatic rings. The zero-order chi connectivity index (χ0) is 13.0. The third-order valence-electron chi connectivity index (χ3n) is 2.96. The third-order valence-corrected chi connectivity index (χ3v) is 4.78. The molecule has 0 aliphatic carbocycles. The lowest BCUT2D eigenvalue weighted by molar-refractivity contribution is 0.404. The van der Waals surface area contributed by atoms with E-state index in [1.165, 1.54) is 4.31 Å². The van der Waals surface area contributed by atoms with Crippen molar-refractivity contribution in [2.45, 2.75) is 6.54 Å². The van der Waals surface area contributed by atoms with Crippen molar-refractivity contribution in [2.75, 3.05) is 32.5 Å². The van der Waals surface area contributed by atoms with Crippen LogP contribution in [0.15, 0.2) is 24.3 Å². The molecule has 2 rings (SSSR count). The number of hydrogen-bond donors (Lipinski definition) is 1. The number of benzene rings is 1. The van der Waals surface area contributed by atoms with Crippen molar-refractivity contribution in [3.63, 3.8) is 0 Å². The maximum atomic E-state index is 12.0. The highest BCUT2D eigenvalue weighted by Crippen LogP contribution is 2.16. The van der Waals surface area contributed by atoms with Gasteiger partial charge in [0.1, 0.15) is 5.75 Å². The van der Waals surface area contributed by atoms with Gasteiger partial charge in [0, 0.05) is 26.2 Å². The van der Waals surface area contributed by atoms with E-state index < -0.39 is 10.0 Å². The van der Waals surface area contributed by atoms with Crippen LogP contribution >= 0.6 is 0 Å². The van der Waals surface area contributed by atoms with Crippen molar-refractivity contribution in [1.82, 2.24) is 9.62 Å². The predicted octanol–water partition coefficient (Wildman–Crippen LogP) is 0.430. The van der Waals surface area contributed by atoms with Crippen LogP contribution in [0.25, 0.3) is 0 Å². The average molecular weight is 270 g/mol. The highest BCUT2D eigenvalue weighted by Gasteiger charge is 2.23. The summed E-state index contributed by atoms with van der Waals surface area (Å²) in [5.74, 6) is 0.912. The van der Waals surface area contributed by atoms with Gasteiger partial charge in [0.25, 0.3) is 0 Å². The van der Waals surface area contributed by atoms with E-state index in [9.17, 15) is 8.42 Å². The number of nitrogens with one attached hydrogen (secondary N) is 1. The van der Waals surface area contributed by atoms with Gasteiger partial charge < -0.3 is 10.1 Å². The van der Waals surface area contributed by atoms with Crippen molar-refractivity contribution in [2.24, 2.45) is 0 Å². The first kappa shape index (κ1) is 13.3. The van der Waals surface area contributed by atoms with Crippen LogP contribution in [0.3, 0.4) is 0 Å². The highest BCUT2D eigenvalue weighted by atomic mass is 32.2. The van der Waals surface area contributed by atoms with E-state index in [4.69, 9.17) is 4.74 Å². The Balaban J connectivity index is 2.15. The number of methoxy groups -OCH3 is 1. The molecule has 6 heteroatoms. The first-order valence-corrected chi connectivity index (χ1v) is 7.54. The molecule has 100 valence electrons. The Morgan fingerprint density at radius 3 is 3.00 bits per heavy atom. The summed E-state index contributed by atoms with van der Waals surface area (Å²) in [4.78, 5) is 0. The van der Waals surface area contributed by atoms with Crippen molar-refractivity contribution >= 4 is 10.0 Å². The average Bonchev–Trinajstić information content (AvgIpc) is 2.52. The van der Waals surface area contributed by atoms with Crippen LogP contribution in [0, 0.1) is 0 Å². The summed E-state index contributed by atoms with van der Waals surface area (Å²) < 4.78 is 30.7. The van der Waals surface area contributed by atoms with Crippen LogP contribution in [-0.2, 0) is 16.6 Å². The fourth-order valence-electron chi connectivity index (χ4n) is 1.95. The van der Waals surface area contributed by atoms with E-state index in [0.29, 0.717) is 26.2 Å². The van der Waals surface area contributed by atoms with Crippen LogP contribution in [0.2, 0.25) is 0 Å². The van der Waals surface area contributed by atoms with Gasteiger partial charge in [-0.1, -0.05) is 12.1 Å². The minimum atomic E-state index is -3.15. The lowest BCUT2D eigenvalue weighted by Gasteiger charge is -2.19. The van der Waals surface area contributed by atoms with Crippen molar-refractivity contribution in [3.8, 4) is 5.75 Å². The van der Waals surface area contributed by atoms with E-state index in [1.807, 2.05) is 24.3 Å². The molecule has 1 aromatic rings. The smallest absolute Gasteiger partial charge is 0.215 e. The van der Waals surface area contributed by atoms with Gasteiger partial charge in [-0.2, -0.15) is 4.31 Å². The fraction of sp³-hybridized carbons (Fsp3) is 0.500. The molecule has 0 atom stereocenters. The van der Waals surface area contributed by atoms with Crippen molar-refractivity contribution < 1.29 is 13.2 Å². The van der Waals surface area contributed by atoms with E-state index in [2.05, 4.69) is 5.32 Å². The molecule has 0 radical (unpaired) electrons. The van der Waals surface area contributed by atoms with E-state index in [1.54, 1.807) is 7.11 Å². The second kappa shape index (κ2) is 5.69. The number of nitrogens with zero attached hydrogens (tertiary/aromatic N) is 1. The molecule has 0 saturated carbocycles. The maximum Gasteiger partial charge on any atom is 0.215 e. The molecule has 0 amide bonds. The molecule has 1 N–H and O–H groups in total. The number of rotatable bonds is 3. The zero-order valence-electron chi connectivity index (χ0n) is 10.4. The van der Waals surface area contributed by atoms with Gasteiger partial charge in [0.05, 0.1) is 12.9 Å². The Labute approximate surface area is 108 Å². The topological polar surface area (TPSA) is 58.6 Å². The molecular weight excluding hydrogens is 252 g/mol. The largest absolute Gasteiger partial charge is 0.497 e. The highest BCUT2D eigenvalue weighted by molar-refractivity contribution is 7.89. The molecule has 1 aliphatic heterocycles. The minimum Gasteiger partial charge on any atom is -0.497 e. The molecule has 0 spiro atoms. The Morgan fingerprint density at radius 1 is 1.39 bits per heavy atom. The van der Waals surface area contributed by atoms with Gasteiger partial charge >= 0.3 is 0 Å². The van der Waals surface area contributed by atoms with Gasteiger partial charge in [-0.15, -0.1) is 0 Å². The summed E-state index contributed by atoms with van der Waals surface area (Å²) in [6.45, 7) is 2.14. The van der Waals surface area contributed by atoms with Crippen molar-refractivity contribution in [3.05, 3.63) is 29.8 Å². The molecule has 1 fully saturated rings. The summed E-state index contributed by atoms with van der Waals surface area (Å²) in [6, 6.07) is 7.50. The molecular formula is C12H18N2O3S. The van der Waals surface area contributed by atoms with Crippen LogP contribution in [-0.4, -0.2) is 45.2 Å². The second-order valence-corrected chi connectivity index (χ2v) is 6.34.